The number of nitrogens with one attached hydrogen (secondary N) is 2. The Labute approximate surface area is 164 Å². The lowest BCUT2D eigenvalue weighted by atomic mass is 9.95. The molecule has 0 fully saturated rings. The van der Waals surface area contributed by atoms with Crippen molar-refractivity contribution in [2.45, 2.75) is 25.4 Å². The molecular formula is C18H20F3N3O5. The number of nitro groups is 1. The van der Waals surface area contributed by atoms with E-state index in [2.05, 4.69) is 10.6 Å². The molecule has 0 saturated heterocycles. The van der Waals surface area contributed by atoms with E-state index in [0.717, 1.165) is 18.6 Å². The quantitative estimate of drug-likeness (QED) is 0.222. The topological polar surface area (TPSA) is 111 Å². The molecule has 8 nitrogen and oxygen atoms in total. The van der Waals surface area contributed by atoms with Gasteiger partial charge in [-0.2, -0.15) is 13.2 Å². The average Bonchev–Trinajstić information content (AvgIpc) is 2.69. The van der Waals surface area contributed by atoms with Crippen LogP contribution in [0.25, 0.3) is 0 Å². The molecule has 1 aliphatic carbocycles. The van der Waals surface area contributed by atoms with Crippen molar-refractivity contribution in [1.29, 1.82) is 0 Å². The van der Waals surface area contributed by atoms with Crippen LogP contribution in [0.2, 0.25) is 0 Å². The van der Waals surface area contributed by atoms with E-state index in [1.54, 1.807) is 0 Å². The minimum Gasteiger partial charge on any atom is -0.455 e. The highest BCUT2D eigenvalue weighted by molar-refractivity contribution is 5.81. The second-order valence-electron chi connectivity index (χ2n) is 6.35. The molecule has 1 aromatic rings. The molecule has 29 heavy (non-hydrogen) atoms. The fraction of sp³-hybridized carbons (Fsp3) is 0.444. The van der Waals surface area contributed by atoms with Crippen molar-refractivity contribution in [1.82, 2.24) is 5.32 Å². The van der Waals surface area contributed by atoms with Gasteiger partial charge in [-0.25, -0.2) is 0 Å². The van der Waals surface area contributed by atoms with Gasteiger partial charge in [-0.1, -0.05) is 12.2 Å². The molecule has 1 atom stereocenters. The van der Waals surface area contributed by atoms with E-state index in [-0.39, 0.29) is 24.7 Å². The third kappa shape index (κ3) is 6.77. The van der Waals surface area contributed by atoms with Gasteiger partial charge < -0.3 is 15.4 Å². The van der Waals surface area contributed by atoms with E-state index in [4.69, 9.17) is 4.74 Å². The van der Waals surface area contributed by atoms with E-state index in [0.29, 0.717) is 18.9 Å². The third-order valence-electron chi connectivity index (χ3n) is 4.23. The number of rotatable bonds is 8. The Hall–Kier alpha value is -3.11. The molecule has 11 heteroatoms. The highest BCUT2D eigenvalue weighted by atomic mass is 19.4. The van der Waals surface area contributed by atoms with Crippen LogP contribution in [0.4, 0.5) is 24.5 Å². The minimum absolute atomic E-state index is 0.0271. The summed E-state index contributed by atoms with van der Waals surface area (Å²) in [6.07, 6.45) is 1.21. The van der Waals surface area contributed by atoms with Crippen LogP contribution in [0.5, 0.6) is 0 Å². The van der Waals surface area contributed by atoms with Crippen LogP contribution < -0.4 is 10.6 Å². The number of halogens is 3. The first-order valence-electron chi connectivity index (χ1n) is 8.86. The standard InChI is InChI=1S/C18H20F3N3O5/c19-18(20,21)13-6-7-14(15(10-13)24(27)28)22-8-9-23-16(25)11-29-17(26)12-4-2-1-3-5-12/h1-2,6-7,10,12,22H,3-5,8-9,11H2,(H,23,25)/t12-/m1/s1. The van der Waals surface area contributed by atoms with Gasteiger partial charge in [-0.15, -0.1) is 0 Å². The van der Waals surface area contributed by atoms with E-state index in [1.807, 2.05) is 12.2 Å². The predicted octanol–water partition coefficient (Wildman–Crippen LogP) is 3.04. The third-order valence-corrected chi connectivity index (χ3v) is 4.23. The van der Waals surface area contributed by atoms with Crippen LogP contribution in [0.3, 0.4) is 0 Å². The van der Waals surface area contributed by atoms with Crippen molar-refractivity contribution < 1.29 is 32.4 Å². The molecule has 2 rings (SSSR count). The zero-order chi connectivity index (χ0) is 21.4. The summed E-state index contributed by atoms with van der Waals surface area (Å²) in [5.41, 5.74) is -1.95. The molecule has 0 saturated carbocycles. The average molecular weight is 415 g/mol. The van der Waals surface area contributed by atoms with Crippen molar-refractivity contribution in [2.75, 3.05) is 25.0 Å². The van der Waals surface area contributed by atoms with Gasteiger partial charge in [0.1, 0.15) is 5.69 Å². The maximum absolute atomic E-state index is 12.7. The first kappa shape index (κ1) is 22.2. The number of ether oxygens (including phenoxy) is 1. The lowest BCUT2D eigenvalue weighted by Crippen LogP contribution is -2.33. The largest absolute Gasteiger partial charge is 0.455 e. The fourth-order valence-electron chi connectivity index (χ4n) is 2.72. The van der Waals surface area contributed by atoms with Gasteiger partial charge in [0.2, 0.25) is 0 Å². The van der Waals surface area contributed by atoms with Crippen LogP contribution in [0.1, 0.15) is 24.8 Å². The molecule has 2 N–H and O–H groups in total. The molecule has 1 aliphatic rings. The van der Waals surface area contributed by atoms with Gasteiger partial charge in [0.25, 0.3) is 11.6 Å². The van der Waals surface area contributed by atoms with E-state index < -0.39 is 40.8 Å². The minimum atomic E-state index is -4.69. The first-order chi connectivity index (χ1) is 13.7. The monoisotopic (exact) mass is 415 g/mol. The Bertz CT molecular complexity index is 795. The van der Waals surface area contributed by atoms with Crippen molar-refractivity contribution in [2.24, 2.45) is 5.92 Å². The molecular weight excluding hydrogens is 395 g/mol. The number of carbonyl (C=O) groups is 2. The van der Waals surface area contributed by atoms with Gasteiger partial charge in [-0.3, -0.25) is 19.7 Å². The number of allylic oxidation sites excluding steroid dienone is 2. The summed E-state index contributed by atoms with van der Waals surface area (Å²) >= 11 is 0. The van der Waals surface area contributed by atoms with E-state index in [1.165, 1.54) is 0 Å². The van der Waals surface area contributed by atoms with Crippen molar-refractivity contribution in [3.05, 3.63) is 46.0 Å². The second kappa shape index (κ2) is 9.89. The molecule has 0 spiro atoms. The molecule has 0 unspecified atom stereocenters. The van der Waals surface area contributed by atoms with E-state index >= 15 is 0 Å². The maximum atomic E-state index is 12.7. The van der Waals surface area contributed by atoms with Gasteiger partial charge in [0.15, 0.2) is 6.61 Å². The van der Waals surface area contributed by atoms with E-state index in [9.17, 15) is 32.9 Å². The highest BCUT2D eigenvalue weighted by Gasteiger charge is 2.33. The van der Waals surface area contributed by atoms with Crippen LogP contribution in [0, 0.1) is 16.0 Å². The molecule has 0 bridgehead atoms. The normalized spacial score (nSPS) is 16.2. The molecule has 1 amide bonds. The number of nitrogens with zero attached hydrogens (tertiary/aromatic N) is 1. The first-order valence-corrected chi connectivity index (χ1v) is 8.86. The van der Waals surface area contributed by atoms with Crippen LogP contribution in [0.15, 0.2) is 30.4 Å². The summed E-state index contributed by atoms with van der Waals surface area (Å²) in [5.74, 6) is -1.24. The van der Waals surface area contributed by atoms with Crippen molar-refractivity contribution >= 4 is 23.3 Å². The van der Waals surface area contributed by atoms with Crippen molar-refractivity contribution in [3.8, 4) is 0 Å². The Morgan fingerprint density at radius 1 is 1.24 bits per heavy atom. The number of carbonyl (C=O) groups excluding carboxylic acids is 2. The number of anilines is 1. The highest BCUT2D eigenvalue weighted by Crippen LogP contribution is 2.34. The number of hydrogen-bond acceptors (Lipinski definition) is 6. The smallest absolute Gasteiger partial charge is 0.416 e. The summed E-state index contributed by atoms with van der Waals surface area (Å²) in [7, 11) is 0. The Balaban J connectivity index is 1.76. The molecule has 0 aromatic heterocycles. The molecule has 0 aliphatic heterocycles. The predicted molar refractivity (Wildman–Crippen MR) is 97.0 cm³/mol. The fourth-order valence-corrected chi connectivity index (χ4v) is 2.72. The van der Waals surface area contributed by atoms with Crippen LogP contribution in [-0.2, 0) is 20.5 Å². The second-order valence-corrected chi connectivity index (χ2v) is 6.35. The number of alkyl halides is 3. The number of hydrogen-bond donors (Lipinski definition) is 2. The SMILES string of the molecule is O=C(COC(=O)[C@@H]1CC=CCC1)NCCNc1ccc(C(F)(F)F)cc1[N+](=O)[O-]. The molecule has 0 radical (unpaired) electrons. The number of benzene rings is 1. The Morgan fingerprint density at radius 3 is 2.62 bits per heavy atom. The summed E-state index contributed by atoms with van der Waals surface area (Å²) in [5, 5.41) is 16.1. The maximum Gasteiger partial charge on any atom is 0.416 e. The lowest BCUT2D eigenvalue weighted by molar-refractivity contribution is -0.384. The number of nitro benzene ring substituents is 1. The molecule has 1 aromatic carbocycles. The molecule has 158 valence electrons. The summed E-state index contributed by atoms with van der Waals surface area (Å²) in [4.78, 5) is 33.6. The van der Waals surface area contributed by atoms with Gasteiger partial charge in [0.05, 0.1) is 16.4 Å². The zero-order valence-corrected chi connectivity index (χ0v) is 15.3. The summed E-state index contributed by atoms with van der Waals surface area (Å²) in [6, 6.07) is 2.14. The summed E-state index contributed by atoms with van der Waals surface area (Å²) in [6.45, 7) is -0.389. The lowest BCUT2D eigenvalue weighted by Gasteiger charge is -2.16. The van der Waals surface area contributed by atoms with Gasteiger partial charge >= 0.3 is 12.1 Å². The molecule has 0 heterocycles. The van der Waals surface area contributed by atoms with Gasteiger partial charge in [0, 0.05) is 19.2 Å². The van der Waals surface area contributed by atoms with Crippen molar-refractivity contribution in [3.63, 3.8) is 0 Å². The zero-order valence-electron chi connectivity index (χ0n) is 15.3. The summed E-state index contributed by atoms with van der Waals surface area (Å²) < 4.78 is 43.0. The number of esters is 1. The number of amides is 1. The van der Waals surface area contributed by atoms with Crippen LogP contribution >= 0.6 is 0 Å². The van der Waals surface area contributed by atoms with Gasteiger partial charge in [-0.05, 0) is 31.4 Å². The Morgan fingerprint density at radius 2 is 2.00 bits per heavy atom. The van der Waals surface area contributed by atoms with Crippen LogP contribution in [-0.4, -0.2) is 36.5 Å². The Kier molecular flexibility index (Phi) is 7.57.